The van der Waals surface area contributed by atoms with Crippen molar-refractivity contribution in [2.45, 2.75) is 26.4 Å². The van der Waals surface area contributed by atoms with E-state index >= 15 is 0 Å². The SMILES string of the molecule is COc1c(Oc2ccc(CCN)cc2)cc(C(=O)N2Cc3cnc(C)cc3C2)c(OC)c1OC. The molecule has 1 amide bonds. The van der Waals surface area contributed by atoms with Gasteiger partial charge in [-0.15, -0.1) is 0 Å². The molecule has 3 aromatic rings. The van der Waals surface area contributed by atoms with Crippen molar-refractivity contribution < 1.29 is 23.7 Å². The molecule has 178 valence electrons. The fraction of sp³-hybridized carbons (Fsp3) is 0.308. The summed E-state index contributed by atoms with van der Waals surface area (Å²) in [6.45, 7) is 3.48. The molecule has 2 N–H and O–H groups in total. The number of amides is 1. The zero-order valence-corrected chi connectivity index (χ0v) is 19.9. The molecule has 0 saturated carbocycles. The third-order valence-corrected chi connectivity index (χ3v) is 5.81. The number of benzene rings is 2. The number of carbonyl (C=O) groups excluding carboxylic acids is 1. The van der Waals surface area contributed by atoms with Crippen LogP contribution >= 0.6 is 0 Å². The van der Waals surface area contributed by atoms with E-state index in [2.05, 4.69) is 4.98 Å². The Bertz CT molecular complexity index is 1190. The fourth-order valence-electron chi connectivity index (χ4n) is 4.15. The summed E-state index contributed by atoms with van der Waals surface area (Å²) in [6, 6.07) is 11.3. The van der Waals surface area contributed by atoms with Gasteiger partial charge in [-0.2, -0.15) is 0 Å². The summed E-state index contributed by atoms with van der Waals surface area (Å²) in [5, 5.41) is 0. The third kappa shape index (κ3) is 4.49. The summed E-state index contributed by atoms with van der Waals surface area (Å²) < 4.78 is 22.9. The molecular weight excluding hydrogens is 434 g/mol. The lowest BCUT2D eigenvalue weighted by Crippen LogP contribution is -2.26. The van der Waals surface area contributed by atoms with E-state index in [0.717, 1.165) is 28.8 Å². The highest BCUT2D eigenvalue weighted by Gasteiger charge is 2.31. The predicted molar refractivity (Wildman–Crippen MR) is 128 cm³/mol. The number of nitrogens with zero attached hydrogens (tertiary/aromatic N) is 2. The van der Waals surface area contributed by atoms with Crippen molar-refractivity contribution in [1.29, 1.82) is 0 Å². The van der Waals surface area contributed by atoms with E-state index in [0.29, 0.717) is 53.9 Å². The lowest BCUT2D eigenvalue weighted by atomic mass is 10.1. The fourth-order valence-corrected chi connectivity index (χ4v) is 4.15. The Labute approximate surface area is 199 Å². The summed E-state index contributed by atoms with van der Waals surface area (Å²) in [6.07, 6.45) is 2.61. The number of hydrogen-bond acceptors (Lipinski definition) is 7. The van der Waals surface area contributed by atoms with Crippen LogP contribution in [0.5, 0.6) is 28.7 Å². The molecule has 8 heteroatoms. The molecule has 8 nitrogen and oxygen atoms in total. The van der Waals surface area contributed by atoms with Crippen molar-refractivity contribution in [1.82, 2.24) is 9.88 Å². The van der Waals surface area contributed by atoms with Crippen LogP contribution < -0.4 is 24.7 Å². The van der Waals surface area contributed by atoms with Crippen LogP contribution in [0.2, 0.25) is 0 Å². The van der Waals surface area contributed by atoms with Crippen LogP contribution in [-0.2, 0) is 19.5 Å². The van der Waals surface area contributed by atoms with Crippen molar-refractivity contribution in [3.05, 3.63) is 70.5 Å². The summed E-state index contributed by atoms with van der Waals surface area (Å²) in [7, 11) is 4.51. The lowest BCUT2D eigenvalue weighted by Gasteiger charge is -2.22. The molecule has 0 unspecified atom stereocenters. The first-order valence-electron chi connectivity index (χ1n) is 11.0. The maximum Gasteiger partial charge on any atom is 0.258 e. The van der Waals surface area contributed by atoms with Gasteiger partial charge in [0, 0.05) is 31.0 Å². The second-order valence-electron chi connectivity index (χ2n) is 8.06. The van der Waals surface area contributed by atoms with Crippen molar-refractivity contribution in [3.8, 4) is 28.7 Å². The van der Waals surface area contributed by atoms with Gasteiger partial charge in [0.25, 0.3) is 5.91 Å². The topological polar surface area (TPSA) is 96.1 Å². The molecular formula is C26H29N3O5. The number of pyridine rings is 1. The molecule has 1 aliphatic rings. The molecule has 0 radical (unpaired) electrons. The second kappa shape index (κ2) is 10.0. The Morgan fingerprint density at radius 1 is 0.971 bits per heavy atom. The zero-order chi connectivity index (χ0) is 24.2. The van der Waals surface area contributed by atoms with Gasteiger partial charge < -0.3 is 29.6 Å². The standard InChI is InChI=1S/C26H29N3O5/c1-16-11-18-14-29(15-19(18)13-28-16)26(30)21-12-22(24(32-3)25(33-4)23(21)31-2)34-20-7-5-17(6-8-20)9-10-27/h5-8,11-13H,9-10,14-15,27H2,1-4H3. The Kier molecular flexibility index (Phi) is 6.88. The molecule has 0 atom stereocenters. The third-order valence-electron chi connectivity index (χ3n) is 5.81. The molecule has 0 spiro atoms. The second-order valence-corrected chi connectivity index (χ2v) is 8.06. The maximum atomic E-state index is 13.6. The number of methoxy groups -OCH3 is 3. The molecule has 0 fully saturated rings. The highest BCUT2D eigenvalue weighted by Crippen LogP contribution is 2.48. The number of rotatable bonds is 8. The van der Waals surface area contributed by atoms with Crippen molar-refractivity contribution in [2.24, 2.45) is 5.73 Å². The van der Waals surface area contributed by atoms with E-state index in [1.165, 1.54) is 21.3 Å². The van der Waals surface area contributed by atoms with Crippen LogP contribution in [0.15, 0.2) is 42.6 Å². The average molecular weight is 464 g/mol. The van der Waals surface area contributed by atoms with Gasteiger partial charge in [0.2, 0.25) is 11.5 Å². The summed E-state index contributed by atoms with van der Waals surface area (Å²) >= 11 is 0. The quantitative estimate of drug-likeness (QED) is 0.542. The number of hydrogen-bond donors (Lipinski definition) is 1. The summed E-state index contributed by atoms with van der Waals surface area (Å²) in [5.74, 6) is 1.67. The molecule has 0 aliphatic carbocycles. The van der Waals surface area contributed by atoms with E-state index in [-0.39, 0.29) is 5.91 Å². The van der Waals surface area contributed by atoms with Gasteiger partial charge in [0.1, 0.15) is 5.75 Å². The van der Waals surface area contributed by atoms with Gasteiger partial charge >= 0.3 is 0 Å². The monoisotopic (exact) mass is 463 g/mol. The smallest absolute Gasteiger partial charge is 0.258 e. The predicted octanol–water partition coefficient (Wildman–Crippen LogP) is 3.87. The molecule has 0 bridgehead atoms. The average Bonchev–Trinajstić information content (AvgIpc) is 3.27. The lowest BCUT2D eigenvalue weighted by molar-refractivity contribution is 0.0746. The number of aromatic nitrogens is 1. The highest BCUT2D eigenvalue weighted by atomic mass is 16.5. The van der Waals surface area contributed by atoms with Gasteiger partial charge in [-0.3, -0.25) is 9.78 Å². The minimum atomic E-state index is -0.199. The van der Waals surface area contributed by atoms with Gasteiger partial charge in [-0.25, -0.2) is 0 Å². The van der Waals surface area contributed by atoms with Crippen LogP contribution in [0.4, 0.5) is 0 Å². The number of nitrogens with two attached hydrogens (primary N) is 1. The molecule has 4 rings (SSSR count). The normalized spacial score (nSPS) is 12.3. The number of carbonyl (C=O) groups is 1. The first-order valence-corrected chi connectivity index (χ1v) is 11.0. The zero-order valence-electron chi connectivity index (χ0n) is 19.9. The maximum absolute atomic E-state index is 13.6. The number of aryl methyl sites for hydroxylation is 1. The van der Waals surface area contributed by atoms with E-state index < -0.39 is 0 Å². The van der Waals surface area contributed by atoms with Crippen LogP contribution in [0.3, 0.4) is 0 Å². The van der Waals surface area contributed by atoms with Crippen molar-refractivity contribution in [3.63, 3.8) is 0 Å². The highest BCUT2D eigenvalue weighted by molar-refractivity contribution is 5.99. The Balaban J connectivity index is 1.71. The molecule has 1 aromatic heterocycles. The Hall–Kier alpha value is -3.78. The molecule has 34 heavy (non-hydrogen) atoms. The van der Waals surface area contributed by atoms with Crippen LogP contribution in [0.25, 0.3) is 0 Å². The Morgan fingerprint density at radius 3 is 2.29 bits per heavy atom. The Morgan fingerprint density at radius 2 is 1.65 bits per heavy atom. The largest absolute Gasteiger partial charge is 0.492 e. The van der Waals surface area contributed by atoms with Gasteiger partial charge in [0.15, 0.2) is 11.5 Å². The van der Waals surface area contributed by atoms with Gasteiger partial charge in [0.05, 0.1) is 26.9 Å². The minimum absolute atomic E-state index is 0.199. The first kappa shape index (κ1) is 23.4. The number of ether oxygens (including phenoxy) is 4. The van der Waals surface area contributed by atoms with Gasteiger partial charge in [-0.05, 0) is 54.8 Å². The molecule has 1 aliphatic heterocycles. The van der Waals surface area contributed by atoms with E-state index in [4.69, 9.17) is 24.7 Å². The molecule has 2 heterocycles. The summed E-state index contributed by atoms with van der Waals surface area (Å²) in [4.78, 5) is 19.7. The number of fused-ring (bicyclic) bond motifs is 1. The van der Waals surface area contributed by atoms with E-state index in [1.807, 2.05) is 43.5 Å². The molecule has 0 saturated heterocycles. The minimum Gasteiger partial charge on any atom is -0.492 e. The van der Waals surface area contributed by atoms with Gasteiger partial charge in [-0.1, -0.05) is 12.1 Å². The van der Waals surface area contributed by atoms with Crippen molar-refractivity contribution >= 4 is 5.91 Å². The van der Waals surface area contributed by atoms with E-state index in [1.54, 1.807) is 11.0 Å². The summed E-state index contributed by atoms with van der Waals surface area (Å²) in [5.41, 5.74) is 10.1. The van der Waals surface area contributed by atoms with Crippen LogP contribution in [0.1, 0.15) is 32.7 Å². The van der Waals surface area contributed by atoms with E-state index in [9.17, 15) is 4.79 Å². The van der Waals surface area contributed by atoms with Crippen molar-refractivity contribution in [2.75, 3.05) is 27.9 Å². The first-order chi connectivity index (χ1) is 16.5. The van der Waals surface area contributed by atoms with Crippen LogP contribution in [0, 0.1) is 6.92 Å². The van der Waals surface area contributed by atoms with Crippen LogP contribution in [-0.4, -0.2) is 43.7 Å². The molecule has 2 aromatic carbocycles.